The number of likely N-dealkylation sites (tertiary alicyclic amines) is 1. The van der Waals surface area contributed by atoms with Gasteiger partial charge in [0, 0.05) is 31.5 Å². The molecular formula is C19H22N2O4. The summed E-state index contributed by atoms with van der Waals surface area (Å²) in [5, 5.41) is 9.15. The Morgan fingerprint density at radius 3 is 2.72 bits per heavy atom. The first kappa shape index (κ1) is 17.2. The first-order valence-corrected chi connectivity index (χ1v) is 8.55. The van der Waals surface area contributed by atoms with Gasteiger partial charge in [-0.1, -0.05) is 37.3 Å². The molecule has 2 heterocycles. The highest BCUT2D eigenvalue weighted by Crippen LogP contribution is 2.24. The fourth-order valence-corrected chi connectivity index (χ4v) is 3.20. The summed E-state index contributed by atoms with van der Waals surface area (Å²) in [6.07, 6.45) is 3.30. The van der Waals surface area contributed by atoms with E-state index in [2.05, 4.69) is 4.98 Å². The number of hydrogen-bond donors (Lipinski definition) is 1. The van der Waals surface area contributed by atoms with Gasteiger partial charge in [-0.25, -0.2) is 4.98 Å². The minimum atomic E-state index is -0.823. The molecule has 1 aromatic heterocycles. The molecule has 3 rings (SSSR count). The molecule has 1 fully saturated rings. The van der Waals surface area contributed by atoms with E-state index in [4.69, 9.17) is 9.52 Å². The molecule has 0 unspecified atom stereocenters. The van der Waals surface area contributed by atoms with Crippen molar-refractivity contribution < 1.29 is 19.1 Å². The maximum Gasteiger partial charge on any atom is 0.308 e. The molecule has 1 aromatic carbocycles. The van der Waals surface area contributed by atoms with E-state index >= 15 is 0 Å². The number of nitrogens with zero attached hydrogens (tertiary/aromatic N) is 2. The number of aromatic nitrogens is 1. The highest BCUT2D eigenvalue weighted by Gasteiger charge is 2.36. The third kappa shape index (κ3) is 4.07. The summed E-state index contributed by atoms with van der Waals surface area (Å²) in [6.45, 7) is 2.71. The largest absolute Gasteiger partial charge is 0.481 e. The summed E-state index contributed by atoms with van der Waals surface area (Å²) in [5.41, 5.74) is 0.975. The maximum absolute atomic E-state index is 12.3. The summed E-state index contributed by atoms with van der Waals surface area (Å²) in [7, 11) is 0. The van der Waals surface area contributed by atoms with Gasteiger partial charge >= 0.3 is 5.97 Å². The molecule has 2 atom stereocenters. The van der Waals surface area contributed by atoms with Crippen LogP contribution < -0.4 is 0 Å². The zero-order valence-corrected chi connectivity index (χ0v) is 14.2. The van der Waals surface area contributed by atoms with E-state index < -0.39 is 11.9 Å². The van der Waals surface area contributed by atoms with Crippen molar-refractivity contribution in [3.63, 3.8) is 0 Å². The Hall–Kier alpha value is -2.63. The summed E-state index contributed by atoms with van der Waals surface area (Å²) in [6, 6.07) is 9.75. The van der Waals surface area contributed by atoms with Gasteiger partial charge in [0.15, 0.2) is 11.7 Å². The van der Waals surface area contributed by atoms with Crippen molar-refractivity contribution in [3.05, 3.63) is 42.4 Å². The van der Waals surface area contributed by atoms with Crippen LogP contribution in [-0.2, 0) is 16.0 Å². The maximum atomic E-state index is 12.3. The van der Waals surface area contributed by atoms with Gasteiger partial charge in [-0.2, -0.15) is 0 Å². The zero-order valence-electron chi connectivity index (χ0n) is 14.2. The van der Waals surface area contributed by atoms with E-state index in [0.29, 0.717) is 38.2 Å². The molecule has 0 saturated carbocycles. The predicted octanol–water partition coefficient (Wildman–Crippen LogP) is 2.84. The van der Waals surface area contributed by atoms with Gasteiger partial charge in [-0.3, -0.25) is 9.59 Å². The molecule has 1 aliphatic heterocycles. The first-order valence-electron chi connectivity index (χ1n) is 8.55. The van der Waals surface area contributed by atoms with Gasteiger partial charge in [0.05, 0.1) is 12.1 Å². The lowest BCUT2D eigenvalue weighted by Crippen LogP contribution is -2.29. The predicted molar refractivity (Wildman–Crippen MR) is 91.7 cm³/mol. The molecule has 1 N–H and O–H groups in total. The second-order valence-electron chi connectivity index (χ2n) is 6.56. The molecular weight excluding hydrogens is 320 g/mol. The zero-order chi connectivity index (χ0) is 17.8. The number of aliphatic carboxylic acids is 1. The Bertz CT molecular complexity index is 741. The molecule has 0 aliphatic carbocycles. The number of carboxylic acid groups (broad SMARTS) is 1. The molecule has 25 heavy (non-hydrogen) atoms. The molecule has 1 amide bonds. The van der Waals surface area contributed by atoms with Gasteiger partial charge in [-0.15, -0.1) is 0 Å². The van der Waals surface area contributed by atoms with Crippen molar-refractivity contribution in [1.29, 1.82) is 0 Å². The van der Waals surface area contributed by atoms with Crippen molar-refractivity contribution in [3.8, 4) is 11.3 Å². The standard InChI is InChI=1S/C19H22N2O4/c1-13-11-21(12-15(13)19(23)24)18(22)9-5-8-17-20-10-16(25-17)14-6-3-2-4-7-14/h2-4,6-7,10,13,15H,5,8-9,11-12H2,1H3,(H,23,24)/t13-,15-/m1/s1. The Balaban J connectivity index is 1.48. The van der Waals surface area contributed by atoms with E-state index in [1.165, 1.54) is 0 Å². The third-order valence-electron chi connectivity index (χ3n) is 4.68. The normalized spacial score (nSPS) is 20.0. The van der Waals surface area contributed by atoms with E-state index in [1.807, 2.05) is 37.3 Å². The quantitative estimate of drug-likeness (QED) is 0.873. The Morgan fingerprint density at radius 1 is 1.28 bits per heavy atom. The molecule has 0 spiro atoms. The van der Waals surface area contributed by atoms with E-state index in [0.717, 1.165) is 11.3 Å². The lowest BCUT2D eigenvalue weighted by molar-refractivity contribution is -0.142. The molecule has 132 valence electrons. The fraction of sp³-hybridized carbons (Fsp3) is 0.421. The summed E-state index contributed by atoms with van der Waals surface area (Å²) >= 11 is 0. The minimum Gasteiger partial charge on any atom is -0.481 e. The molecule has 0 bridgehead atoms. The van der Waals surface area contributed by atoms with Crippen LogP contribution in [0.4, 0.5) is 0 Å². The van der Waals surface area contributed by atoms with Crippen molar-refractivity contribution in [2.75, 3.05) is 13.1 Å². The third-order valence-corrected chi connectivity index (χ3v) is 4.68. The lowest BCUT2D eigenvalue weighted by atomic mass is 9.99. The molecule has 1 saturated heterocycles. The summed E-state index contributed by atoms with van der Waals surface area (Å²) < 4.78 is 5.73. The van der Waals surface area contributed by atoms with Crippen molar-refractivity contribution >= 4 is 11.9 Å². The number of carbonyl (C=O) groups excluding carboxylic acids is 1. The van der Waals surface area contributed by atoms with Crippen LogP contribution in [-0.4, -0.2) is 40.0 Å². The fourth-order valence-electron chi connectivity index (χ4n) is 3.20. The number of amides is 1. The number of hydrogen-bond acceptors (Lipinski definition) is 4. The average Bonchev–Trinajstić information content (AvgIpc) is 3.22. The van der Waals surface area contributed by atoms with Crippen LogP contribution in [0.1, 0.15) is 25.7 Å². The first-order chi connectivity index (χ1) is 12.0. The number of carbonyl (C=O) groups is 2. The lowest BCUT2D eigenvalue weighted by Gasteiger charge is -2.15. The Labute approximate surface area is 146 Å². The summed E-state index contributed by atoms with van der Waals surface area (Å²) in [4.78, 5) is 29.3. The molecule has 6 nitrogen and oxygen atoms in total. The number of aryl methyl sites for hydroxylation is 1. The summed E-state index contributed by atoms with van der Waals surface area (Å²) in [5.74, 6) is 0.0663. The molecule has 0 radical (unpaired) electrons. The Kier molecular flexibility index (Phi) is 5.16. The molecule has 2 aromatic rings. The van der Waals surface area contributed by atoms with Gasteiger partial charge in [0.2, 0.25) is 5.91 Å². The van der Waals surface area contributed by atoms with Gasteiger partial charge in [0.25, 0.3) is 0 Å². The van der Waals surface area contributed by atoms with Crippen molar-refractivity contribution in [2.45, 2.75) is 26.2 Å². The monoisotopic (exact) mass is 342 g/mol. The number of carboxylic acids is 1. The van der Waals surface area contributed by atoms with E-state index in [-0.39, 0.29) is 11.8 Å². The van der Waals surface area contributed by atoms with Crippen LogP contribution in [0, 0.1) is 11.8 Å². The average molecular weight is 342 g/mol. The number of rotatable bonds is 6. The van der Waals surface area contributed by atoms with E-state index in [9.17, 15) is 9.59 Å². The Morgan fingerprint density at radius 2 is 2.04 bits per heavy atom. The molecule has 1 aliphatic rings. The second-order valence-corrected chi connectivity index (χ2v) is 6.56. The van der Waals surface area contributed by atoms with E-state index in [1.54, 1.807) is 11.1 Å². The topological polar surface area (TPSA) is 83.6 Å². The van der Waals surface area contributed by atoms with Crippen LogP contribution in [0.15, 0.2) is 40.9 Å². The number of benzene rings is 1. The molecule has 6 heteroatoms. The highest BCUT2D eigenvalue weighted by molar-refractivity contribution is 5.79. The smallest absolute Gasteiger partial charge is 0.308 e. The van der Waals surface area contributed by atoms with Crippen molar-refractivity contribution in [1.82, 2.24) is 9.88 Å². The van der Waals surface area contributed by atoms with Crippen LogP contribution in [0.2, 0.25) is 0 Å². The van der Waals surface area contributed by atoms with Crippen LogP contribution in [0.3, 0.4) is 0 Å². The SMILES string of the molecule is C[C@@H]1CN(C(=O)CCCc2ncc(-c3ccccc3)o2)C[C@H]1C(=O)O. The number of oxazole rings is 1. The van der Waals surface area contributed by atoms with Crippen LogP contribution in [0.5, 0.6) is 0 Å². The van der Waals surface area contributed by atoms with Gasteiger partial charge in [0.1, 0.15) is 0 Å². The van der Waals surface area contributed by atoms with Crippen molar-refractivity contribution in [2.24, 2.45) is 11.8 Å². The second kappa shape index (κ2) is 7.51. The van der Waals surface area contributed by atoms with Crippen LogP contribution >= 0.6 is 0 Å². The minimum absolute atomic E-state index is 0.00150. The van der Waals surface area contributed by atoms with Gasteiger partial charge < -0.3 is 14.4 Å². The highest BCUT2D eigenvalue weighted by atomic mass is 16.4. The van der Waals surface area contributed by atoms with Crippen LogP contribution in [0.25, 0.3) is 11.3 Å². The van der Waals surface area contributed by atoms with Gasteiger partial charge in [-0.05, 0) is 12.3 Å².